The Bertz CT molecular complexity index is 506. The van der Waals surface area contributed by atoms with Crippen molar-refractivity contribution in [2.24, 2.45) is 5.73 Å². The van der Waals surface area contributed by atoms with Gasteiger partial charge < -0.3 is 20.3 Å². The summed E-state index contributed by atoms with van der Waals surface area (Å²) < 4.78 is 36.1. The minimum Gasteiger partial charge on any atom is -0.473 e. The van der Waals surface area contributed by atoms with Crippen LogP contribution in [-0.2, 0) is 9.53 Å². The summed E-state index contributed by atoms with van der Waals surface area (Å²) in [6.07, 6.45) is -1.49. The first-order valence-electron chi connectivity index (χ1n) is 5.05. The highest BCUT2D eigenvalue weighted by Crippen LogP contribution is 2.24. The van der Waals surface area contributed by atoms with Gasteiger partial charge in [-0.25, -0.2) is 13.6 Å². The maximum atomic E-state index is 13.7. The quantitative estimate of drug-likeness (QED) is 0.735. The lowest BCUT2D eigenvalue weighted by Gasteiger charge is -2.15. The number of hydrogen-bond donors (Lipinski definition) is 2. The Morgan fingerprint density at radius 2 is 2.05 bits per heavy atom. The summed E-state index contributed by atoms with van der Waals surface area (Å²) in [5.74, 6) is -5.38. The first-order chi connectivity index (χ1) is 8.92. The number of methoxy groups -OCH3 is 1. The van der Waals surface area contributed by atoms with Crippen molar-refractivity contribution in [2.45, 2.75) is 6.10 Å². The van der Waals surface area contributed by atoms with Crippen LogP contribution in [-0.4, -0.2) is 36.8 Å². The molecule has 0 saturated carbocycles. The zero-order chi connectivity index (χ0) is 14.6. The monoisotopic (exact) mass is 275 g/mol. The minimum atomic E-state index is -1.49. The number of carbonyl (C=O) groups excluding carboxylic acids is 2. The van der Waals surface area contributed by atoms with E-state index in [2.05, 4.69) is 4.74 Å². The zero-order valence-corrected chi connectivity index (χ0v) is 9.85. The molecule has 8 heteroatoms. The Hall–Kier alpha value is -2.22. The van der Waals surface area contributed by atoms with Crippen LogP contribution in [0.4, 0.5) is 8.78 Å². The van der Waals surface area contributed by atoms with Gasteiger partial charge in [0, 0.05) is 0 Å². The molecule has 0 aliphatic heterocycles. The molecule has 6 nitrogen and oxygen atoms in total. The molecule has 1 atom stereocenters. The van der Waals surface area contributed by atoms with Crippen molar-refractivity contribution in [1.82, 2.24) is 0 Å². The molecule has 0 bridgehead atoms. The molecule has 3 N–H and O–H groups in total. The molecule has 0 fully saturated rings. The summed E-state index contributed by atoms with van der Waals surface area (Å²) in [5, 5.41) is 8.90. The van der Waals surface area contributed by atoms with Gasteiger partial charge >= 0.3 is 5.97 Å². The van der Waals surface area contributed by atoms with Crippen LogP contribution in [0, 0.1) is 11.6 Å². The second-order valence-corrected chi connectivity index (χ2v) is 3.41. The largest absolute Gasteiger partial charge is 0.473 e. The van der Waals surface area contributed by atoms with E-state index in [-0.39, 0.29) is 0 Å². The van der Waals surface area contributed by atoms with E-state index in [9.17, 15) is 18.4 Å². The molecule has 0 aliphatic rings. The smallest absolute Gasteiger partial charge is 0.349 e. The molecule has 1 aromatic rings. The van der Waals surface area contributed by atoms with E-state index in [4.69, 9.17) is 15.6 Å². The summed E-state index contributed by atoms with van der Waals surface area (Å²) >= 11 is 0. The van der Waals surface area contributed by atoms with Crippen LogP contribution in [0.25, 0.3) is 0 Å². The predicted octanol–water partition coefficient (Wildman–Crippen LogP) is -0.0236. The predicted molar refractivity (Wildman–Crippen MR) is 58.4 cm³/mol. The number of ether oxygens (including phenoxy) is 2. The van der Waals surface area contributed by atoms with Gasteiger partial charge in [-0.3, -0.25) is 4.79 Å². The highest BCUT2D eigenvalue weighted by atomic mass is 19.1. The number of primary amides is 1. The number of rotatable bonds is 5. The van der Waals surface area contributed by atoms with Gasteiger partial charge in [0.15, 0.2) is 11.6 Å². The van der Waals surface area contributed by atoms with Crippen LogP contribution in [0.15, 0.2) is 12.1 Å². The number of halogens is 2. The topological polar surface area (TPSA) is 98.8 Å². The van der Waals surface area contributed by atoms with Crippen molar-refractivity contribution in [2.75, 3.05) is 13.7 Å². The Labute approximate surface area is 106 Å². The van der Waals surface area contributed by atoms with E-state index < -0.39 is 47.5 Å². The van der Waals surface area contributed by atoms with Crippen molar-refractivity contribution in [3.8, 4) is 5.75 Å². The van der Waals surface area contributed by atoms with E-state index in [1.165, 1.54) is 0 Å². The summed E-state index contributed by atoms with van der Waals surface area (Å²) in [5.41, 5.74) is 3.83. The van der Waals surface area contributed by atoms with Crippen molar-refractivity contribution >= 4 is 11.9 Å². The lowest BCUT2D eigenvalue weighted by atomic mass is 10.1. The summed E-state index contributed by atoms with van der Waals surface area (Å²) in [4.78, 5) is 22.0. The Morgan fingerprint density at radius 3 is 2.53 bits per heavy atom. The highest BCUT2D eigenvalue weighted by molar-refractivity contribution is 5.93. The number of nitrogens with two attached hydrogens (primary N) is 1. The van der Waals surface area contributed by atoms with E-state index >= 15 is 0 Å². The standard InChI is InChI=1S/C11H11F2NO5/c1-18-11(17)7(4-15)19-6-3-2-5(12)8(9(6)13)10(14)16/h2-3,7,15H,4H2,1H3,(H2,14,16). The molecule has 0 aromatic heterocycles. The van der Waals surface area contributed by atoms with Gasteiger partial charge in [0.1, 0.15) is 11.4 Å². The van der Waals surface area contributed by atoms with Gasteiger partial charge in [-0.1, -0.05) is 0 Å². The number of aliphatic hydroxyl groups excluding tert-OH is 1. The normalized spacial score (nSPS) is 11.8. The molecule has 0 aliphatic carbocycles. The molecule has 0 radical (unpaired) electrons. The molecule has 0 spiro atoms. The molecule has 104 valence electrons. The third-order valence-corrected chi connectivity index (χ3v) is 2.20. The van der Waals surface area contributed by atoms with E-state index in [1.807, 2.05) is 0 Å². The SMILES string of the molecule is COC(=O)C(CO)Oc1ccc(F)c(C(N)=O)c1F. The summed E-state index contributed by atoms with van der Waals surface area (Å²) in [6.45, 7) is -0.782. The number of esters is 1. The van der Waals surface area contributed by atoms with E-state index in [1.54, 1.807) is 0 Å². The number of benzene rings is 1. The third-order valence-electron chi connectivity index (χ3n) is 2.20. The molecule has 19 heavy (non-hydrogen) atoms. The molecule has 1 aromatic carbocycles. The van der Waals surface area contributed by atoms with Crippen molar-refractivity contribution in [3.63, 3.8) is 0 Å². The molecule has 1 unspecified atom stereocenters. The first-order valence-corrected chi connectivity index (χ1v) is 5.05. The van der Waals surface area contributed by atoms with Gasteiger partial charge in [-0.15, -0.1) is 0 Å². The second-order valence-electron chi connectivity index (χ2n) is 3.41. The van der Waals surface area contributed by atoms with Gasteiger partial charge in [-0.2, -0.15) is 0 Å². The fourth-order valence-corrected chi connectivity index (χ4v) is 1.29. The van der Waals surface area contributed by atoms with Crippen LogP contribution in [0.2, 0.25) is 0 Å². The molecular formula is C11H11F2NO5. The van der Waals surface area contributed by atoms with Crippen LogP contribution in [0.3, 0.4) is 0 Å². The molecule has 1 rings (SSSR count). The van der Waals surface area contributed by atoms with Gasteiger partial charge in [0.2, 0.25) is 6.10 Å². The van der Waals surface area contributed by atoms with Gasteiger partial charge in [0.05, 0.1) is 13.7 Å². The fourth-order valence-electron chi connectivity index (χ4n) is 1.29. The lowest BCUT2D eigenvalue weighted by molar-refractivity contribution is -0.150. The average molecular weight is 275 g/mol. The van der Waals surface area contributed by atoms with Crippen LogP contribution < -0.4 is 10.5 Å². The summed E-state index contributed by atoms with van der Waals surface area (Å²) in [6, 6.07) is 1.62. The number of amides is 1. The van der Waals surface area contributed by atoms with Crippen molar-refractivity contribution in [3.05, 3.63) is 29.3 Å². The second kappa shape index (κ2) is 6.10. The molecular weight excluding hydrogens is 264 g/mol. The van der Waals surface area contributed by atoms with E-state index in [0.717, 1.165) is 19.2 Å². The van der Waals surface area contributed by atoms with Crippen molar-refractivity contribution < 1.29 is 33.0 Å². The number of aliphatic hydroxyl groups is 1. The molecule has 1 amide bonds. The van der Waals surface area contributed by atoms with Crippen molar-refractivity contribution in [1.29, 1.82) is 0 Å². The van der Waals surface area contributed by atoms with Gasteiger partial charge in [0.25, 0.3) is 5.91 Å². The Morgan fingerprint density at radius 1 is 1.42 bits per heavy atom. The summed E-state index contributed by atoms with van der Waals surface area (Å²) in [7, 11) is 1.05. The highest BCUT2D eigenvalue weighted by Gasteiger charge is 2.25. The average Bonchev–Trinajstić information content (AvgIpc) is 2.37. The van der Waals surface area contributed by atoms with Crippen LogP contribution in [0.1, 0.15) is 10.4 Å². The lowest BCUT2D eigenvalue weighted by Crippen LogP contribution is -2.32. The minimum absolute atomic E-state index is 0.598. The third kappa shape index (κ3) is 3.16. The first kappa shape index (κ1) is 14.8. The molecule has 0 saturated heterocycles. The fraction of sp³-hybridized carbons (Fsp3) is 0.273. The van der Waals surface area contributed by atoms with Crippen LogP contribution >= 0.6 is 0 Å². The maximum Gasteiger partial charge on any atom is 0.349 e. The Kier molecular flexibility index (Phi) is 4.76. The van der Waals surface area contributed by atoms with Crippen LogP contribution in [0.5, 0.6) is 5.75 Å². The molecule has 0 heterocycles. The maximum absolute atomic E-state index is 13.7. The van der Waals surface area contributed by atoms with E-state index in [0.29, 0.717) is 0 Å². The Balaban J connectivity index is 3.12. The number of carbonyl (C=O) groups is 2. The zero-order valence-electron chi connectivity index (χ0n) is 9.85. The number of hydrogen-bond acceptors (Lipinski definition) is 5. The van der Waals surface area contributed by atoms with Gasteiger partial charge in [-0.05, 0) is 12.1 Å².